The number of benzene rings is 1. The molecule has 1 heterocycles. The van der Waals surface area contributed by atoms with Gasteiger partial charge in [-0.1, -0.05) is 30.3 Å². The molecule has 0 radical (unpaired) electrons. The van der Waals surface area contributed by atoms with Gasteiger partial charge in [0, 0.05) is 11.1 Å². The quantitative estimate of drug-likeness (QED) is 0.841. The average molecular weight is 257 g/mol. The molecule has 0 bridgehead atoms. The molecule has 1 aliphatic carbocycles. The van der Waals surface area contributed by atoms with Crippen LogP contribution in [0.5, 0.6) is 0 Å². The molecule has 0 atom stereocenters. The van der Waals surface area contributed by atoms with Crippen molar-refractivity contribution in [1.82, 2.24) is 4.98 Å². The molecule has 0 spiro atoms. The van der Waals surface area contributed by atoms with Crippen LogP contribution in [0.1, 0.15) is 29.1 Å². The van der Waals surface area contributed by atoms with E-state index < -0.39 is 0 Å². The SMILES string of the molecule is Cc1csc(CC(=O)C2(c3ccccc3)CC2)n1. The number of aromatic nitrogens is 1. The number of aryl methyl sites for hydroxylation is 1. The smallest absolute Gasteiger partial charge is 0.150 e. The summed E-state index contributed by atoms with van der Waals surface area (Å²) in [6.45, 7) is 1.97. The molecule has 92 valence electrons. The highest BCUT2D eigenvalue weighted by atomic mass is 32.1. The molecule has 2 nitrogen and oxygen atoms in total. The summed E-state index contributed by atoms with van der Waals surface area (Å²) in [6.07, 6.45) is 2.45. The van der Waals surface area contributed by atoms with E-state index in [1.54, 1.807) is 11.3 Å². The van der Waals surface area contributed by atoms with Crippen LogP contribution in [0, 0.1) is 6.92 Å². The highest BCUT2D eigenvalue weighted by Crippen LogP contribution is 2.49. The number of nitrogens with zero attached hydrogens (tertiary/aromatic N) is 1. The van der Waals surface area contributed by atoms with Crippen LogP contribution < -0.4 is 0 Å². The number of hydrogen-bond acceptors (Lipinski definition) is 3. The molecule has 0 amide bonds. The van der Waals surface area contributed by atoms with Gasteiger partial charge in [0.05, 0.1) is 11.8 Å². The number of carbonyl (C=O) groups is 1. The van der Waals surface area contributed by atoms with Crippen molar-refractivity contribution in [3.05, 3.63) is 52.0 Å². The van der Waals surface area contributed by atoms with E-state index in [-0.39, 0.29) is 5.41 Å². The van der Waals surface area contributed by atoms with Gasteiger partial charge >= 0.3 is 0 Å². The van der Waals surface area contributed by atoms with Gasteiger partial charge in [0.25, 0.3) is 0 Å². The second-order valence-corrected chi connectivity index (χ2v) is 5.87. The van der Waals surface area contributed by atoms with Crippen molar-refractivity contribution < 1.29 is 4.79 Å². The van der Waals surface area contributed by atoms with Crippen molar-refractivity contribution in [2.45, 2.75) is 31.6 Å². The zero-order chi connectivity index (χ0) is 12.6. The Morgan fingerprint density at radius 2 is 2.06 bits per heavy atom. The molecule has 0 unspecified atom stereocenters. The van der Waals surface area contributed by atoms with E-state index in [1.807, 2.05) is 30.5 Å². The van der Waals surface area contributed by atoms with Gasteiger partial charge in [-0.15, -0.1) is 11.3 Å². The molecular formula is C15H15NOS. The van der Waals surface area contributed by atoms with Crippen molar-refractivity contribution >= 4 is 17.1 Å². The molecule has 1 aromatic carbocycles. The van der Waals surface area contributed by atoms with E-state index >= 15 is 0 Å². The number of rotatable bonds is 4. The summed E-state index contributed by atoms with van der Waals surface area (Å²) < 4.78 is 0. The number of carbonyl (C=O) groups excluding carboxylic acids is 1. The highest BCUT2D eigenvalue weighted by molar-refractivity contribution is 7.09. The first kappa shape index (κ1) is 11.6. The lowest BCUT2D eigenvalue weighted by atomic mass is 9.90. The fraction of sp³-hybridized carbons (Fsp3) is 0.333. The maximum atomic E-state index is 12.5. The van der Waals surface area contributed by atoms with E-state index in [4.69, 9.17) is 0 Å². The molecule has 0 aliphatic heterocycles. The highest BCUT2D eigenvalue weighted by Gasteiger charge is 2.50. The Bertz CT molecular complexity index is 569. The zero-order valence-electron chi connectivity index (χ0n) is 10.3. The Morgan fingerprint density at radius 3 is 2.61 bits per heavy atom. The Hall–Kier alpha value is -1.48. The van der Waals surface area contributed by atoms with Gasteiger partial charge < -0.3 is 0 Å². The topological polar surface area (TPSA) is 30.0 Å². The van der Waals surface area contributed by atoms with Crippen LogP contribution in [0.15, 0.2) is 35.7 Å². The van der Waals surface area contributed by atoms with Crippen molar-refractivity contribution in [3.8, 4) is 0 Å². The Labute approximate surface area is 111 Å². The van der Waals surface area contributed by atoms with E-state index in [0.29, 0.717) is 12.2 Å². The third kappa shape index (κ3) is 1.99. The molecule has 0 N–H and O–H groups in total. The number of Topliss-reactive ketones (excluding diaryl/α,β-unsaturated/α-hetero) is 1. The second kappa shape index (κ2) is 4.32. The van der Waals surface area contributed by atoms with Gasteiger partial charge in [-0.3, -0.25) is 4.79 Å². The lowest BCUT2D eigenvalue weighted by Crippen LogP contribution is -2.22. The monoisotopic (exact) mass is 257 g/mol. The van der Waals surface area contributed by atoms with Gasteiger partial charge in [-0.25, -0.2) is 4.98 Å². The van der Waals surface area contributed by atoms with Gasteiger partial charge in [0.2, 0.25) is 0 Å². The average Bonchev–Trinajstić information content (AvgIpc) is 3.10. The lowest BCUT2D eigenvalue weighted by molar-refractivity contribution is -0.120. The van der Waals surface area contributed by atoms with Gasteiger partial charge in [0.15, 0.2) is 0 Å². The summed E-state index contributed by atoms with van der Waals surface area (Å²) in [5, 5.41) is 2.95. The first-order valence-electron chi connectivity index (χ1n) is 6.20. The lowest BCUT2D eigenvalue weighted by Gasteiger charge is -2.13. The summed E-state index contributed by atoms with van der Waals surface area (Å²) in [6, 6.07) is 10.1. The van der Waals surface area contributed by atoms with Crippen molar-refractivity contribution in [2.24, 2.45) is 0 Å². The van der Waals surface area contributed by atoms with Crippen molar-refractivity contribution in [3.63, 3.8) is 0 Å². The van der Waals surface area contributed by atoms with Crippen LogP contribution in [0.25, 0.3) is 0 Å². The summed E-state index contributed by atoms with van der Waals surface area (Å²) in [7, 11) is 0. The number of ketones is 1. The minimum Gasteiger partial charge on any atom is -0.298 e. The van der Waals surface area contributed by atoms with Crippen LogP contribution in [-0.2, 0) is 16.6 Å². The molecule has 18 heavy (non-hydrogen) atoms. The minimum atomic E-state index is -0.208. The summed E-state index contributed by atoms with van der Waals surface area (Å²) in [4.78, 5) is 16.9. The van der Waals surface area contributed by atoms with Crippen LogP contribution in [0.2, 0.25) is 0 Å². The Morgan fingerprint density at radius 1 is 1.33 bits per heavy atom. The Kier molecular flexibility index (Phi) is 2.78. The molecule has 3 rings (SSSR count). The van der Waals surface area contributed by atoms with Gasteiger partial charge in [-0.2, -0.15) is 0 Å². The normalized spacial score (nSPS) is 16.5. The van der Waals surface area contributed by atoms with Crippen molar-refractivity contribution in [1.29, 1.82) is 0 Å². The molecule has 1 fully saturated rings. The van der Waals surface area contributed by atoms with Gasteiger partial charge in [0.1, 0.15) is 10.8 Å². The van der Waals surface area contributed by atoms with Crippen molar-refractivity contribution in [2.75, 3.05) is 0 Å². The molecule has 0 saturated heterocycles. The van der Waals surface area contributed by atoms with Crippen LogP contribution in [0.4, 0.5) is 0 Å². The predicted molar refractivity (Wildman–Crippen MR) is 72.9 cm³/mol. The van der Waals surface area contributed by atoms with E-state index in [2.05, 4.69) is 17.1 Å². The first-order valence-corrected chi connectivity index (χ1v) is 7.08. The van der Waals surface area contributed by atoms with Crippen LogP contribution in [-0.4, -0.2) is 10.8 Å². The third-order valence-electron chi connectivity index (χ3n) is 3.59. The summed E-state index contributed by atoms with van der Waals surface area (Å²) in [5.74, 6) is 0.322. The van der Waals surface area contributed by atoms with Gasteiger partial charge in [-0.05, 0) is 25.3 Å². The molecule has 2 aromatic rings. The number of thiazole rings is 1. The molecular weight excluding hydrogens is 242 g/mol. The molecule has 3 heteroatoms. The maximum Gasteiger partial charge on any atom is 0.150 e. The predicted octanol–water partition coefficient (Wildman–Crippen LogP) is 3.29. The summed E-state index contributed by atoms with van der Waals surface area (Å²) in [5.41, 5.74) is 1.97. The largest absolute Gasteiger partial charge is 0.298 e. The molecule has 1 saturated carbocycles. The van der Waals surface area contributed by atoms with E-state index in [9.17, 15) is 4.79 Å². The van der Waals surface area contributed by atoms with Crippen LogP contribution >= 0.6 is 11.3 Å². The molecule has 1 aromatic heterocycles. The van der Waals surface area contributed by atoms with Crippen LogP contribution in [0.3, 0.4) is 0 Å². The first-order chi connectivity index (χ1) is 8.71. The number of hydrogen-bond donors (Lipinski definition) is 0. The minimum absolute atomic E-state index is 0.208. The zero-order valence-corrected chi connectivity index (χ0v) is 11.2. The fourth-order valence-electron chi connectivity index (χ4n) is 2.40. The standard InChI is InChI=1S/C15H15NOS/c1-11-10-18-14(16-11)9-13(17)15(7-8-15)12-5-3-2-4-6-12/h2-6,10H,7-9H2,1H3. The second-order valence-electron chi connectivity index (χ2n) is 4.93. The van der Waals surface area contributed by atoms with E-state index in [0.717, 1.165) is 23.5 Å². The molecule has 1 aliphatic rings. The maximum absolute atomic E-state index is 12.5. The van der Waals surface area contributed by atoms with E-state index in [1.165, 1.54) is 5.56 Å². The third-order valence-corrected chi connectivity index (χ3v) is 4.56. The Balaban J connectivity index is 1.81. The fourth-order valence-corrected chi connectivity index (χ4v) is 3.17. The summed E-state index contributed by atoms with van der Waals surface area (Å²) >= 11 is 1.59.